The van der Waals surface area contributed by atoms with Crippen LogP contribution in [0.1, 0.15) is 15.9 Å². The van der Waals surface area contributed by atoms with Gasteiger partial charge >= 0.3 is 5.97 Å². The van der Waals surface area contributed by atoms with Crippen molar-refractivity contribution >= 4 is 17.6 Å². The molecule has 2 rings (SSSR count). The second-order valence-electron chi connectivity index (χ2n) is 4.65. The van der Waals surface area contributed by atoms with E-state index in [0.717, 1.165) is 4.90 Å². The van der Waals surface area contributed by atoms with Crippen LogP contribution in [0, 0.1) is 17.0 Å². The van der Waals surface area contributed by atoms with Gasteiger partial charge in [-0.05, 0) is 12.5 Å². The van der Waals surface area contributed by atoms with Crippen molar-refractivity contribution in [1.29, 1.82) is 0 Å². The van der Waals surface area contributed by atoms with E-state index in [4.69, 9.17) is 9.84 Å². The van der Waals surface area contributed by atoms with Gasteiger partial charge in [0.05, 0.1) is 18.1 Å². The Morgan fingerprint density at radius 1 is 1.48 bits per heavy atom. The molecule has 1 saturated heterocycles. The predicted octanol–water partition coefficient (Wildman–Crippen LogP) is 0.829. The number of hydrogen-bond acceptors (Lipinski definition) is 5. The SMILES string of the molecule is Cc1cccc([N+](=O)[O-])c1C(=O)N1CCOCC1C(=O)O. The van der Waals surface area contributed by atoms with Crippen LogP contribution in [-0.2, 0) is 9.53 Å². The molecule has 1 unspecified atom stereocenters. The van der Waals surface area contributed by atoms with Gasteiger partial charge in [-0.15, -0.1) is 0 Å². The van der Waals surface area contributed by atoms with Crippen molar-refractivity contribution < 1.29 is 24.4 Å². The Balaban J connectivity index is 2.44. The van der Waals surface area contributed by atoms with Crippen molar-refractivity contribution in [1.82, 2.24) is 4.90 Å². The minimum absolute atomic E-state index is 0.0735. The molecule has 1 aromatic carbocycles. The zero-order valence-electron chi connectivity index (χ0n) is 11.3. The first kappa shape index (κ1) is 14.9. The number of rotatable bonds is 3. The highest BCUT2D eigenvalue weighted by Crippen LogP contribution is 2.25. The number of benzene rings is 1. The van der Waals surface area contributed by atoms with E-state index in [1.54, 1.807) is 13.0 Å². The average molecular weight is 294 g/mol. The highest BCUT2D eigenvalue weighted by Gasteiger charge is 2.36. The Hall–Kier alpha value is -2.48. The molecule has 1 amide bonds. The molecule has 112 valence electrons. The maximum absolute atomic E-state index is 12.6. The molecule has 1 heterocycles. The third-order valence-electron chi connectivity index (χ3n) is 3.34. The van der Waals surface area contributed by atoms with E-state index in [2.05, 4.69) is 0 Å². The largest absolute Gasteiger partial charge is 0.480 e. The summed E-state index contributed by atoms with van der Waals surface area (Å²) in [4.78, 5) is 35.3. The number of hydrogen-bond donors (Lipinski definition) is 1. The quantitative estimate of drug-likeness (QED) is 0.653. The van der Waals surface area contributed by atoms with Gasteiger partial charge in [-0.1, -0.05) is 12.1 Å². The molecule has 0 spiro atoms. The van der Waals surface area contributed by atoms with Crippen LogP contribution in [0.5, 0.6) is 0 Å². The summed E-state index contributed by atoms with van der Waals surface area (Å²) in [5.41, 5.74) is 0.0381. The third-order valence-corrected chi connectivity index (χ3v) is 3.34. The lowest BCUT2D eigenvalue weighted by Crippen LogP contribution is -2.52. The molecular formula is C13H14N2O6. The van der Waals surface area contributed by atoms with E-state index in [0.29, 0.717) is 5.56 Å². The number of amides is 1. The summed E-state index contributed by atoms with van der Waals surface area (Å²) in [6.07, 6.45) is 0. The minimum atomic E-state index is -1.20. The molecule has 21 heavy (non-hydrogen) atoms. The molecule has 0 aliphatic carbocycles. The highest BCUT2D eigenvalue weighted by molar-refractivity contribution is 6.01. The van der Waals surface area contributed by atoms with Crippen LogP contribution < -0.4 is 0 Å². The smallest absolute Gasteiger partial charge is 0.328 e. The van der Waals surface area contributed by atoms with Crippen LogP contribution in [0.2, 0.25) is 0 Å². The molecule has 8 heteroatoms. The number of nitro benzene ring substituents is 1. The van der Waals surface area contributed by atoms with Gasteiger partial charge in [0, 0.05) is 12.6 Å². The molecule has 1 aliphatic heterocycles. The van der Waals surface area contributed by atoms with Gasteiger partial charge in [0.1, 0.15) is 5.56 Å². The second-order valence-corrected chi connectivity index (χ2v) is 4.65. The molecular weight excluding hydrogens is 280 g/mol. The predicted molar refractivity (Wildman–Crippen MR) is 71.1 cm³/mol. The molecule has 0 aromatic heterocycles. The molecule has 0 bridgehead atoms. The molecule has 1 fully saturated rings. The number of carboxylic acids is 1. The standard InChI is InChI=1S/C13H14N2O6/c1-8-3-2-4-9(15(19)20)11(8)12(16)14-5-6-21-7-10(14)13(17)18/h2-4,10H,5-7H2,1H3,(H,17,18). The summed E-state index contributed by atoms with van der Waals surface area (Å²) < 4.78 is 5.06. The normalized spacial score (nSPS) is 18.3. The van der Waals surface area contributed by atoms with Crippen LogP contribution in [-0.4, -0.2) is 52.6 Å². The van der Waals surface area contributed by atoms with Crippen LogP contribution in [0.4, 0.5) is 5.69 Å². The van der Waals surface area contributed by atoms with Crippen molar-refractivity contribution in [2.45, 2.75) is 13.0 Å². The monoisotopic (exact) mass is 294 g/mol. The Morgan fingerprint density at radius 3 is 2.81 bits per heavy atom. The summed E-state index contributed by atoms with van der Waals surface area (Å²) in [5.74, 6) is -1.85. The van der Waals surface area contributed by atoms with Crippen molar-refractivity contribution in [3.05, 3.63) is 39.4 Å². The molecule has 1 N–H and O–H groups in total. The van der Waals surface area contributed by atoms with Gasteiger partial charge in [-0.2, -0.15) is 0 Å². The maximum Gasteiger partial charge on any atom is 0.328 e. The topological polar surface area (TPSA) is 110 Å². The summed E-state index contributed by atoms with van der Waals surface area (Å²) in [5, 5.41) is 20.2. The number of carbonyl (C=O) groups excluding carboxylic acids is 1. The number of carbonyl (C=O) groups is 2. The van der Waals surface area contributed by atoms with Gasteiger partial charge in [0.25, 0.3) is 11.6 Å². The first-order valence-corrected chi connectivity index (χ1v) is 6.29. The van der Waals surface area contributed by atoms with Crippen molar-refractivity contribution in [2.75, 3.05) is 19.8 Å². The lowest BCUT2D eigenvalue weighted by atomic mass is 10.0. The molecule has 1 aromatic rings. The number of carboxylic acid groups (broad SMARTS) is 1. The Morgan fingerprint density at radius 2 is 2.19 bits per heavy atom. The van der Waals surface area contributed by atoms with Gasteiger partial charge in [-0.3, -0.25) is 14.9 Å². The Kier molecular flexibility index (Phi) is 4.18. The van der Waals surface area contributed by atoms with Gasteiger partial charge < -0.3 is 14.7 Å². The van der Waals surface area contributed by atoms with E-state index in [-0.39, 0.29) is 31.0 Å². The van der Waals surface area contributed by atoms with Crippen molar-refractivity contribution in [3.8, 4) is 0 Å². The number of aryl methyl sites for hydroxylation is 1. The van der Waals surface area contributed by atoms with Crippen molar-refractivity contribution in [2.24, 2.45) is 0 Å². The van der Waals surface area contributed by atoms with Gasteiger partial charge in [0.2, 0.25) is 0 Å². The number of aliphatic carboxylic acids is 1. The molecule has 0 saturated carbocycles. The van der Waals surface area contributed by atoms with Crippen LogP contribution >= 0.6 is 0 Å². The van der Waals surface area contributed by atoms with Crippen molar-refractivity contribution in [3.63, 3.8) is 0 Å². The lowest BCUT2D eigenvalue weighted by molar-refractivity contribution is -0.385. The van der Waals surface area contributed by atoms with Gasteiger partial charge in [-0.25, -0.2) is 4.79 Å². The minimum Gasteiger partial charge on any atom is -0.480 e. The van der Waals surface area contributed by atoms with E-state index in [1.165, 1.54) is 12.1 Å². The van der Waals surface area contributed by atoms with E-state index < -0.39 is 22.8 Å². The molecule has 1 atom stereocenters. The second kappa shape index (κ2) is 5.88. The van der Waals surface area contributed by atoms with Gasteiger partial charge in [0.15, 0.2) is 6.04 Å². The Labute approximate surface area is 120 Å². The number of nitro groups is 1. The maximum atomic E-state index is 12.6. The first-order valence-electron chi connectivity index (χ1n) is 6.29. The summed E-state index contributed by atoms with van der Waals surface area (Å²) in [6, 6.07) is 3.16. The van der Waals surface area contributed by atoms with E-state index >= 15 is 0 Å². The average Bonchev–Trinajstić information content (AvgIpc) is 2.46. The van der Waals surface area contributed by atoms with E-state index in [9.17, 15) is 19.7 Å². The fourth-order valence-electron chi connectivity index (χ4n) is 2.28. The number of ether oxygens (including phenoxy) is 1. The molecule has 0 radical (unpaired) electrons. The highest BCUT2D eigenvalue weighted by atomic mass is 16.6. The summed E-state index contributed by atoms with van der Waals surface area (Å²) in [6.45, 7) is 1.74. The molecule has 1 aliphatic rings. The first-order chi connectivity index (χ1) is 9.93. The Bertz CT molecular complexity index is 600. The fraction of sp³-hybridized carbons (Fsp3) is 0.385. The molecule has 8 nitrogen and oxygen atoms in total. The van der Waals surface area contributed by atoms with Crippen LogP contribution in [0.3, 0.4) is 0 Å². The zero-order chi connectivity index (χ0) is 15.6. The zero-order valence-corrected chi connectivity index (χ0v) is 11.3. The summed E-state index contributed by atoms with van der Waals surface area (Å²) in [7, 11) is 0. The summed E-state index contributed by atoms with van der Waals surface area (Å²) >= 11 is 0. The number of morpholine rings is 1. The lowest BCUT2D eigenvalue weighted by Gasteiger charge is -2.33. The van der Waals surface area contributed by atoms with Crippen LogP contribution in [0.15, 0.2) is 18.2 Å². The van der Waals surface area contributed by atoms with E-state index in [1.807, 2.05) is 0 Å². The fourth-order valence-corrected chi connectivity index (χ4v) is 2.28. The third kappa shape index (κ3) is 2.84. The number of nitrogens with zero attached hydrogens (tertiary/aromatic N) is 2. The van der Waals surface area contributed by atoms with Crippen LogP contribution in [0.25, 0.3) is 0 Å².